The minimum absolute atomic E-state index is 0.176. The molecule has 0 unspecified atom stereocenters. The highest BCUT2D eigenvalue weighted by atomic mass is 32.2. The van der Waals surface area contributed by atoms with Crippen LogP contribution in [0.3, 0.4) is 0 Å². The molecule has 21 heavy (non-hydrogen) atoms. The van der Waals surface area contributed by atoms with Crippen LogP contribution < -0.4 is 9.62 Å². The molecule has 0 bridgehead atoms. The second-order valence-electron chi connectivity index (χ2n) is 5.36. The van der Waals surface area contributed by atoms with Crippen molar-refractivity contribution in [1.29, 1.82) is 0 Å². The largest absolute Gasteiger partial charge is 0.314 e. The van der Waals surface area contributed by atoms with Crippen LogP contribution in [-0.2, 0) is 10.0 Å². The van der Waals surface area contributed by atoms with E-state index in [1.165, 1.54) is 4.31 Å². The number of nitrogens with one attached hydrogen (secondary N) is 1. The van der Waals surface area contributed by atoms with E-state index in [0.717, 1.165) is 37.4 Å². The van der Waals surface area contributed by atoms with E-state index in [0.29, 0.717) is 13.1 Å². The number of aryl methyl sites for hydroxylation is 1. The molecule has 0 aliphatic carbocycles. The summed E-state index contributed by atoms with van der Waals surface area (Å²) in [7, 11) is -3.28. The summed E-state index contributed by atoms with van der Waals surface area (Å²) in [4.78, 5) is 2.21. The van der Waals surface area contributed by atoms with Crippen LogP contribution in [0.2, 0.25) is 0 Å². The molecule has 1 N–H and O–H groups in total. The Kier molecular flexibility index (Phi) is 5.61. The fourth-order valence-electron chi connectivity index (χ4n) is 2.65. The first-order valence-corrected chi connectivity index (χ1v) is 9.14. The van der Waals surface area contributed by atoms with Gasteiger partial charge in [-0.15, -0.1) is 0 Å². The molecule has 1 aliphatic heterocycles. The number of hydrogen-bond acceptors (Lipinski definition) is 4. The van der Waals surface area contributed by atoms with Gasteiger partial charge >= 0.3 is 0 Å². The molecule has 0 amide bonds. The van der Waals surface area contributed by atoms with Crippen molar-refractivity contribution in [3.05, 3.63) is 29.8 Å². The second kappa shape index (κ2) is 7.24. The quantitative estimate of drug-likeness (QED) is 0.853. The first kappa shape index (κ1) is 16.3. The zero-order valence-electron chi connectivity index (χ0n) is 12.9. The third-order valence-electron chi connectivity index (χ3n) is 3.88. The molecule has 1 aromatic rings. The molecule has 6 heteroatoms. The molecule has 1 aliphatic rings. The maximum Gasteiger partial charge on any atom is 0.236 e. The zero-order chi connectivity index (χ0) is 15.3. The van der Waals surface area contributed by atoms with Crippen LogP contribution in [0.5, 0.6) is 0 Å². The van der Waals surface area contributed by atoms with Crippen LogP contribution in [0.1, 0.15) is 12.5 Å². The first-order chi connectivity index (χ1) is 10.0. The molecule has 1 saturated heterocycles. The number of nitrogens with zero attached hydrogens (tertiary/aromatic N) is 2. The van der Waals surface area contributed by atoms with E-state index in [2.05, 4.69) is 10.2 Å². The Morgan fingerprint density at radius 3 is 2.52 bits per heavy atom. The fourth-order valence-corrected chi connectivity index (χ4v) is 4.26. The lowest BCUT2D eigenvalue weighted by Crippen LogP contribution is -2.46. The molecular weight excluding hydrogens is 286 g/mol. The lowest BCUT2D eigenvalue weighted by atomic mass is 10.2. The molecule has 1 fully saturated rings. The van der Waals surface area contributed by atoms with Gasteiger partial charge in [0.05, 0.1) is 11.4 Å². The lowest BCUT2D eigenvalue weighted by molar-refractivity contribution is 0.254. The summed E-state index contributed by atoms with van der Waals surface area (Å²) in [6.07, 6.45) is 0. The van der Waals surface area contributed by atoms with Gasteiger partial charge in [-0.2, -0.15) is 0 Å². The number of para-hydroxylation sites is 1. The normalized spacial score (nSPS) is 16.9. The molecule has 118 valence electrons. The number of piperazine rings is 1. The Morgan fingerprint density at radius 1 is 1.24 bits per heavy atom. The standard InChI is InChI=1S/C15H25N3O2S/c1-3-18(15-7-5-4-6-14(15)2)21(19,20)13-12-17-10-8-16-9-11-17/h4-7,16H,3,8-13H2,1-2H3. The topological polar surface area (TPSA) is 52.7 Å². The van der Waals surface area contributed by atoms with Crippen molar-refractivity contribution in [1.82, 2.24) is 10.2 Å². The maximum atomic E-state index is 12.6. The van der Waals surface area contributed by atoms with Crippen molar-refractivity contribution in [2.45, 2.75) is 13.8 Å². The van der Waals surface area contributed by atoms with E-state index in [1.54, 1.807) is 0 Å². The molecule has 1 aromatic carbocycles. The van der Waals surface area contributed by atoms with Gasteiger partial charge in [0.1, 0.15) is 0 Å². The Bertz CT molecular complexity index is 554. The van der Waals surface area contributed by atoms with Crippen LogP contribution in [0, 0.1) is 6.92 Å². The second-order valence-corrected chi connectivity index (χ2v) is 7.37. The van der Waals surface area contributed by atoms with Crippen LogP contribution >= 0.6 is 0 Å². The van der Waals surface area contributed by atoms with Gasteiger partial charge in [0.15, 0.2) is 0 Å². The van der Waals surface area contributed by atoms with E-state index >= 15 is 0 Å². The number of sulfonamides is 1. The van der Waals surface area contributed by atoms with Gasteiger partial charge < -0.3 is 5.32 Å². The fraction of sp³-hybridized carbons (Fsp3) is 0.600. The molecule has 5 nitrogen and oxygen atoms in total. The maximum absolute atomic E-state index is 12.6. The van der Waals surface area contributed by atoms with E-state index in [1.807, 2.05) is 38.1 Å². The minimum Gasteiger partial charge on any atom is -0.314 e. The van der Waals surface area contributed by atoms with Crippen molar-refractivity contribution < 1.29 is 8.42 Å². The third-order valence-corrected chi connectivity index (χ3v) is 5.71. The molecule has 0 aromatic heterocycles. The van der Waals surface area contributed by atoms with Gasteiger partial charge in [0.2, 0.25) is 10.0 Å². The van der Waals surface area contributed by atoms with E-state index in [-0.39, 0.29) is 5.75 Å². The molecule has 0 atom stereocenters. The van der Waals surface area contributed by atoms with Gasteiger partial charge in [-0.25, -0.2) is 8.42 Å². The molecule has 0 saturated carbocycles. The summed E-state index contributed by atoms with van der Waals surface area (Å²) in [6, 6.07) is 7.64. The third kappa shape index (κ3) is 4.18. The predicted octanol–water partition coefficient (Wildman–Crippen LogP) is 1.06. The average Bonchev–Trinajstić information content (AvgIpc) is 2.49. The number of rotatable bonds is 6. The summed E-state index contributed by atoms with van der Waals surface area (Å²) >= 11 is 0. The minimum atomic E-state index is -3.28. The average molecular weight is 311 g/mol. The monoisotopic (exact) mass is 311 g/mol. The summed E-state index contributed by atoms with van der Waals surface area (Å²) in [5.74, 6) is 0.176. The molecule has 2 rings (SSSR count). The van der Waals surface area contributed by atoms with Gasteiger partial charge in [-0.1, -0.05) is 18.2 Å². The van der Waals surface area contributed by atoms with Crippen molar-refractivity contribution >= 4 is 15.7 Å². The van der Waals surface area contributed by atoms with E-state index in [4.69, 9.17) is 0 Å². The summed E-state index contributed by atoms with van der Waals surface area (Å²) in [5, 5.41) is 3.28. The van der Waals surface area contributed by atoms with Gasteiger partial charge in [0, 0.05) is 39.3 Å². The molecule has 0 radical (unpaired) electrons. The highest BCUT2D eigenvalue weighted by molar-refractivity contribution is 7.92. The smallest absolute Gasteiger partial charge is 0.236 e. The van der Waals surface area contributed by atoms with Crippen molar-refractivity contribution in [3.8, 4) is 0 Å². The SMILES string of the molecule is CCN(c1ccccc1C)S(=O)(=O)CCN1CCNCC1. The van der Waals surface area contributed by atoms with Crippen LogP contribution in [-0.4, -0.2) is 58.3 Å². The zero-order valence-corrected chi connectivity index (χ0v) is 13.7. The van der Waals surface area contributed by atoms with Crippen molar-refractivity contribution in [2.24, 2.45) is 0 Å². The van der Waals surface area contributed by atoms with E-state index in [9.17, 15) is 8.42 Å². The number of hydrogen-bond donors (Lipinski definition) is 1. The summed E-state index contributed by atoms with van der Waals surface area (Å²) < 4.78 is 26.8. The summed E-state index contributed by atoms with van der Waals surface area (Å²) in [6.45, 7) is 8.63. The van der Waals surface area contributed by atoms with Crippen LogP contribution in [0.15, 0.2) is 24.3 Å². The Balaban J connectivity index is 2.07. The number of benzene rings is 1. The Labute approximate surface area is 128 Å². The highest BCUT2D eigenvalue weighted by Crippen LogP contribution is 2.22. The van der Waals surface area contributed by atoms with E-state index < -0.39 is 10.0 Å². The highest BCUT2D eigenvalue weighted by Gasteiger charge is 2.23. The van der Waals surface area contributed by atoms with Crippen molar-refractivity contribution in [3.63, 3.8) is 0 Å². The van der Waals surface area contributed by atoms with Gasteiger partial charge in [-0.05, 0) is 25.5 Å². The van der Waals surface area contributed by atoms with Crippen LogP contribution in [0.25, 0.3) is 0 Å². The Hall–Kier alpha value is -1.11. The lowest BCUT2D eigenvalue weighted by Gasteiger charge is -2.29. The first-order valence-electron chi connectivity index (χ1n) is 7.53. The number of anilines is 1. The predicted molar refractivity (Wildman–Crippen MR) is 87.3 cm³/mol. The van der Waals surface area contributed by atoms with Crippen LogP contribution in [0.4, 0.5) is 5.69 Å². The Morgan fingerprint density at radius 2 is 1.90 bits per heavy atom. The summed E-state index contributed by atoms with van der Waals surface area (Å²) in [5.41, 5.74) is 1.78. The molecular formula is C15H25N3O2S. The van der Waals surface area contributed by atoms with Gasteiger partial charge in [-0.3, -0.25) is 9.21 Å². The molecule has 1 heterocycles. The van der Waals surface area contributed by atoms with Crippen molar-refractivity contribution in [2.75, 3.05) is 49.3 Å². The van der Waals surface area contributed by atoms with Gasteiger partial charge in [0.25, 0.3) is 0 Å². The molecule has 0 spiro atoms.